The highest BCUT2D eigenvalue weighted by molar-refractivity contribution is 5.80. The van der Waals surface area contributed by atoms with Gasteiger partial charge in [0.05, 0.1) is 0 Å². The molecular formula is C14H19N. The van der Waals surface area contributed by atoms with Crippen molar-refractivity contribution in [3.63, 3.8) is 0 Å². The Morgan fingerprint density at radius 1 is 1.20 bits per heavy atom. The van der Waals surface area contributed by atoms with Crippen LogP contribution in [0.5, 0.6) is 0 Å². The van der Waals surface area contributed by atoms with Gasteiger partial charge >= 0.3 is 0 Å². The molecule has 15 heavy (non-hydrogen) atoms. The van der Waals surface area contributed by atoms with Crippen LogP contribution in [-0.2, 0) is 5.41 Å². The van der Waals surface area contributed by atoms with Crippen LogP contribution in [0.25, 0.3) is 0 Å². The molecule has 0 fully saturated rings. The lowest BCUT2D eigenvalue weighted by atomic mass is 9.87. The first kappa shape index (κ1) is 11.7. The van der Waals surface area contributed by atoms with Crippen LogP contribution in [0.4, 0.5) is 0 Å². The lowest BCUT2D eigenvalue weighted by molar-refractivity contribution is 0.590. The third-order valence-corrected chi connectivity index (χ3v) is 2.21. The van der Waals surface area contributed by atoms with E-state index in [1.807, 2.05) is 13.1 Å². The monoisotopic (exact) mass is 201 g/mol. The van der Waals surface area contributed by atoms with Crippen LogP contribution in [0.1, 0.15) is 38.8 Å². The molecule has 1 aromatic carbocycles. The number of nitrogens with zero attached hydrogens (tertiary/aromatic N) is 1. The maximum Gasteiger partial charge on any atom is 0.0343 e. The number of rotatable bonds is 2. The van der Waals surface area contributed by atoms with E-state index in [1.54, 1.807) is 0 Å². The first-order valence-corrected chi connectivity index (χ1v) is 5.20. The fraction of sp³-hybridized carbons (Fsp3) is 0.357. The van der Waals surface area contributed by atoms with Crippen LogP contribution in [0.15, 0.2) is 41.5 Å². The topological polar surface area (TPSA) is 12.4 Å². The molecule has 0 amide bonds. The molecule has 1 heteroatoms. The Balaban J connectivity index is 2.86. The van der Waals surface area contributed by atoms with Crippen LogP contribution in [0.3, 0.4) is 0 Å². The highest BCUT2D eigenvalue weighted by atomic mass is 14.7. The fourth-order valence-corrected chi connectivity index (χ4v) is 1.25. The Morgan fingerprint density at radius 3 is 2.13 bits per heavy atom. The largest absolute Gasteiger partial charge is 0.262 e. The first-order chi connectivity index (χ1) is 6.89. The summed E-state index contributed by atoms with van der Waals surface area (Å²) in [6, 6.07) is 8.49. The van der Waals surface area contributed by atoms with E-state index < -0.39 is 0 Å². The minimum absolute atomic E-state index is 0.212. The molecule has 0 bridgehead atoms. The second-order valence-corrected chi connectivity index (χ2v) is 4.87. The van der Waals surface area contributed by atoms with E-state index in [2.05, 4.69) is 56.6 Å². The highest BCUT2D eigenvalue weighted by Crippen LogP contribution is 2.21. The molecule has 1 aromatic rings. The first-order valence-electron chi connectivity index (χ1n) is 5.20. The van der Waals surface area contributed by atoms with Gasteiger partial charge in [-0.3, -0.25) is 4.99 Å². The molecule has 0 aromatic heterocycles. The van der Waals surface area contributed by atoms with Crippen LogP contribution in [-0.4, -0.2) is 6.21 Å². The quantitative estimate of drug-likeness (QED) is 0.643. The number of aliphatic imine (C=N–C) groups is 1. The molecule has 0 aliphatic carbocycles. The summed E-state index contributed by atoms with van der Waals surface area (Å²) in [5, 5.41) is 0. The van der Waals surface area contributed by atoms with E-state index >= 15 is 0 Å². The number of benzene rings is 1. The molecule has 0 saturated carbocycles. The Bertz CT molecular complexity index is 363. The van der Waals surface area contributed by atoms with Gasteiger partial charge in [-0.15, -0.1) is 0 Å². The number of hydrogen-bond donors (Lipinski definition) is 0. The smallest absolute Gasteiger partial charge is 0.0343 e. The summed E-state index contributed by atoms with van der Waals surface area (Å²) in [5.74, 6) is 0. The van der Waals surface area contributed by atoms with Gasteiger partial charge < -0.3 is 0 Å². The van der Waals surface area contributed by atoms with Gasteiger partial charge in [0, 0.05) is 11.9 Å². The lowest BCUT2D eigenvalue weighted by Crippen LogP contribution is -2.10. The zero-order chi connectivity index (χ0) is 11.5. The molecule has 0 unspecified atom stereocenters. The average Bonchev–Trinajstić information content (AvgIpc) is 2.14. The Kier molecular flexibility index (Phi) is 3.46. The average molecular weight is 201 g/mol. The maximum absolute atomic E-state index is 4.17. The molecule has 0 atom stereocenters. The third-order valence-electron chi connectivity index (χ3n) is 2.21. The van der Waals surface area contributed by atoms with Crippen molar-refractivity contribution in [3.8, 4) is 0 Å². The predicted octanol–water partition coefficient (Wildman–Crippen LogP) is 3.94. The number of hydrogen-bond acceptors (Lipinski definition) is 1. The van der Waals surface area contributed by atoms with Gasteiger partial charge in [-0.05, 0) is 23.5 Å². The van der Waals surface area contributed by atoms with Crippen LogP contribution in [0, 0.1) is 0 Å². The number of allylic oxidation sites excluding steroid dienone is 1. The third kappa shape index (κ3) is 3.70. The van der Waals surface area contributed by atoms with E-state index in [1.165, 1.54) is 5.56 Å². The Labute approximate surface area is 92.6 Å². The standard InChI is InChI=1S/C14H19N/c1-11(2)15-10-12-6-8-13(9-7-12)14(3,4)5/h6-10H,1H2,2-5H3. The highest BCUT2D eigenvalue weighted by Gasteiger charge is 2.12. The SMILES string of the molecule is C=C(C)N=Cc1ccc(C(C)(C)C)cc1. The van der Waals surface area contributed by atoms with Gasteiger partial charge in [0.1, 0.15) is 0 Å². The molecule has 0 heterocycles. The van der Waals surface area contributed by atoms with Crippen molar-refractivity contribution >= 4 is 6.21 Å². The van der Waals surface area contributed by atoms with E-state index in [0.29, 0.717) is 0 Å². The van der Waals surface area contributed by atoms with Crippen molar-refractivity contribution in [2.75, 3.05) is 0 Å². The van der Waals surface area contributed by atoms with Gasteiger partial charge in [-0.2, -0.15) is 0 Å². The molecule has 0 aliphatic rings. The van der Waals surface area contributed by atoms with E-state index in [-0.39, 0.29) is 5.41 Å². The van der Waals surface area contributed by atoms with E-state index in [9.17, 15) is 0 Å². The van der Waals surface area contributed by atoms with Crippen molar-refractivity contribution in [1.82, 2.24) is 0 Å². The summed E-state index contributed by atoms with van der Waals surface area (Å²) in [4.78, 5) is 4.17. The summed E-state index contributed by atoms with van der Waals surface area (Å²) in [5.41, 5.74) is 3.50. The van der Waals surface area contributed by atoms with Crippen molar-refractivity contribution in [2.45, 2.75) is 33.1 Å². The van der Waals surface area contributed by atoms with Gasteiger partial charge in [-0.25, -0.2) is 0 Å². The summed E-state index contributed by atoms with van der Waals surface area (Å²) < 4.78 is 0. The van der Waals surface area contributed by atoms with Crippen molar-refractivity contribution in [1.29, 1.82) is 0 Å². The van der Waals surface area contributed by atoms with E-state index in [0.717, 1.165) is 11.3 Å². The zero-order valence-corrected chi connectivity index (χ0v) is 10.0. The minimum atomic E-state index is 0.212. The summed E-state index contributed by atoms with van der Waals surface area (Å²) >= 11 is 0. The van der Waals surface area contributed by atoms with Crippen molar-refractivity contribution in [3.05, 3.63) is 47.7 Å². The van der Waals surface area contributed by atoms with Gasteiger partial charge in [0.2, 0.25) is 0 Å². The molecular weight excluding hydrogens is 182 g/mol. The maximum atomic E-state index is 4.17. The second kappa shape index (κ2) is 4.43. The second-order valence-electron chi connectivity index (χ2n) is 4.87. The van der Waals surface area contributed by atoms with Crippen LogP contribution in [0.2, 0.25) is 0 Å². The molecule has 1 rings (SSSR count). The summed E-state index contributed by atoms with van der Waals surface area (Å²) in [7, 11) is 0. The molecule has 80 valence electrons. The molecule has 0 aliphatic heterocycles. The molecule has 0 radical (unpaired) electrons. The Hall–Kier alpha value is -1.37. The van der Waals surface area contributed by atoms with Crippen molar-refractivity contribution < 1.29 is 0 Å². The predicted molar refractivity (Wildman–Crippen MR) is 67.6 cm³/mol. The normalized spacial score (nSPS) is 12.0. The van der Waals surface area contributed by atoms with Crippen LogP contribution < -0.4 is 0 Å². The summed E-state index contributed by atoms with van der Waals surface area (Å²) in [6.45, 7) is 12.3. The van der Waals surface area contributed by atoms with Crippen LogP contribution >= 0.6 is 0 Å². The lowest BCUT2D eigenvalue weighted by Gasteiger charge is -2.18. The molecule has 0 saturated heterocycles. The molecule has 0 N–H and O–H groups in total. The Morgan fingerprint density at radius 2 is 1.73 bits per heavy atom. The zero-order valence-electron chi connectivity index (χ0n) is 10.0. The minimum Gasteiger partial charge on any atom is -0.262 e. The van der Waals surface area contributed by atoms with E-state index in [4.69, 9.17) is 0 Å². The summed E-state index contributed by atoms with van der Waals surface area (Å²) in [6.07, 6.45) is 1.84. The van der Waals surface area contributed by atoms with Gasteiger partial charge in [0.25, 0.3) is 0 Å². The molecule has 1 nitrogen and oxygen atoms in total. The van der Waals surface area contributed by atoms with Gasteiger partial charge in [-0.1, -0.05) is 51.6 Å². The van der Waals surface area contributed by atoms with Crippen molar-refractivity contribution in [2.24, 2.45) is 4.99 Å². The molecule has 0 spiro atoms. The fourth-order valence-electron chi connectivity index (χ4n) is 1.25. The van der Waals surface area contributed by atoms with Gasteiger partial charge in [0.15, 0.2) is 0 Å².